The van der Waals surface area contributed by atoms with Gasteiger partial charge in [0.05, 0.1) is 46.5 Å². The second kappa shape index (κ2) is 14.9. The van der Waals surface area contributed by atoms with Gasteiger partial charge in [0, 0.05) is 11.6 Å². The van der Waals surface area contributed by atoms with Crippen LogP contribution in [0.5, 0.6) is 40.2 Å². The first kappa shape index (κ1) is 31.9. The van der Waals surface area contributed by atoms with E-state index in [0.717, 1.165) is 18.4 Å². The number of unbranched alkanes of at least 4 members (excludes halogenated alkanes) is 4. The number of hydrogen-bond acceptors (Lipinski definition) is 10. The molecule has 44 heavy (non-hydrogen) atoms. The van der Waals surface area contributed by atoms with Gasteiger partial charge in [-0.05, 0) is 42.3 Å². The van der Waals surface area contributed by atoms with Crippen LogP contribution in [0.3, 0.4) is 0 Å². The lowest BCUT2D eigenvalue weighted by Gasteiger charge is -2.27. The Balaban J connectivity index is 1.59. The number of benzene rings is 3. The molecule has 232 valence electrons. The quantitative estimate of drug-likeness (QED) is 0.124. The molecular formula is C34H38N2O8. The Morgan fingerprint density at radius 1 is 0.864 bits per heavy atom. The maximum Gasteiger partial charge on any atom is 0.343 e. The number of rotatable bonds is 14. The van der Waals surface area contributed by atoms with E-state index in [1.807, 2.05) is 18.2 Å². The molecule has 1 aliphatic rings. The Morgan fingerprint density at radius 2 is 1.57 bits per heavy atom. The molecule has 10 nitrogen and oxygen atoms in total. The molecule has 4 rings (SSSR count). The maximum atomic E-state index is 13.1. The summed E-state index contributed by atoms with van der Waals surface area (Å²) in [6.45, 7) is 2.78. The first-order valence-electron chi connectivity index (χ1n) is 14.4. The summed E-state index contributed by atoms with van der Waals surface area (Å²) >= 11 is 0. The Morgan fingerprint density at radius 3 is 2.20 bits per heavy atom. The number of methoxy groups -OCH3 is 4. The molecule has 0 saturated heterocycles. The average Bonchev–Trinajstić information content (AvgIpc) is 3.04. The van der Waals surface area contributed by atoms with Gasteiger partial charge >= 0.3 is 5.97 Å². The first-order chi connectivity index (χ1) is 21.4. The number of allylic oxidation sites excluding steroid dienone is 1. The molecule has 0 spiro atoms. The summed E-state index contributed by atoms with van der Waals surface area (Å²) in [4.78, 5) is 13.1. The van der Waals surface area contributed by atoms with E-state index in [4.69, 9.17) is 38.9 Å². The molecule has 3 aromatic rings. The van der Waals surface area contributed by atoms with E-state index < -0.39 is 11.9 Å². The van der Waals surface area contributed by atoms with Gasteiger partial charge in [-0.25, -0.2) is 4.79 Å². The third kappa shape index (κ3) is 6.94. The number of esters is 1. The molecule has 1 heterocycles. The van der Waals surface area contributed by atoms with Gasteiger partial charge in [0.1, 0.15) is 23.1 Å². The summed E-state index contributed by atoms with van der Waals surface area (Å²) in [5.74, 6) is 1.51. The van der Waals surface area contributed by atoms with Crippen LogP contribution in [0.15, 0.2) is 60.0 Å². The molecule has 1 unspecified atom stereocenters. The molecular weight excluding hydrogens is 564 g/mol. The van der Waals surface area contributed by atoms with Gasteiger partial charge in [-0.15, -0.1) is 0 Å². The molecule has 3 aromatic carbocycles. The van der Waals surface area contributed by atoms with Crippen LogP contribution in [0.25, 0.3) is 0 Å². The van der Waals surface area contributed by atoms with Gasteiger partial charge in [0.2, 0.25) is 11.6 Å². The minimum absolute atomic E-state index is 0.0375. The molecule has 0 saturated carbocycles. The summed E-state index contributed by atoms with van der Waals surface area (Å²) in [5, 5.41) is 10.0. The van der Waals surface area contributed by atoms with E-state index >= 15 is 0 Å². The summed E-state index contributed by atoms with van der Waals surface area (Å²) < 4.78 is 39.1. The number of hydrogen-bond donors (Lipinski definition) is 1. The number of ether oxygens (including phenoxy) is 7. The van der Waals surface area contributed by atoms with E-state index in [2.05, 4.69) is 13.0 Å². The van der Waals surface area contributed by atoms with Crippen molar-refractivity contribution in [2.45, 2.75) is 44.9 Å². The molecule has 0 aliphatic carbocycles. The zero-order valence-electron chi connectivity index (χ0n) is 25.7. The number of fused-ring (bicyclic) bond motifs is 1. The summed E-state index contributed by atoms with van der Waals surface area (Å²) in [7, 11) is 5.98. The Kier molecular flexibility index (Phi) is 10.8. The van der Waals surface area contributed by atoms with Gasteiger partial charge in [0.25, 0.3) is 0 Å². The minimum atomic E-state index is -0.650. The fraction of sp³-hybridized carbons (Fsp3) is 0.353. The van der Waals surface area contributed by atoms with Crippen LogP contribution in [0, 0.1) is 11.3 Å². The van der Waals surface area contributed by atoms with Crippen molar-refractivity contribution in [2.24, 2.45) is 5.73 Å². The first-order valence-corrected chi connectivity index (χ1v) is 14.4. The number of nitriles is 1. The molecule has 2 N–H and O–H groups in total. The fourth-order valence-corrected chi connectivity index (χ4v) is 5.08. The summed E-state index contributed by atoms with van der Waals surface area (Å²) in [5.41, 5.74) is 8.10. The van der Waals surface area contributed by atoms with Crippen molar-refractivity contribution in [3.05, 3.63) is 76.7 Å². The molecule has 1 aliphatic heterocycles. The number of carbonyl (C=O) groups is 1. The molecule has 0 amide bonds. The molecule has 0 radical (unpaired) electrons. The van der Waals surface area contributed by atoms with Crippen LogP contribution < -0.4 is 38.9 Å². The van der Waals surface area contributed by atoms with E-state index in [9.17, 15) is 10.1 Å². The maximum absolute atomic E-state index is 13.1. The molecule has 10 heteroatoms. The monoisotopic (exact) mass is 602 g/mol. The lowest BCUT2D eigenvalue weighted by Crippen LogP contribution is -2.21. The topological polar surface area (TPSA) is 131 Å². The van der Waals surface area contributed by atoms with Crippen LogP contribution in [0.1, 0.15) is 66.4 Å². The van der Waals surface area contributed by atoms with Crippen molar-refractivity contribution in [1.82, 2.24) is 0 Å². The smallest absolute Gasteiger partial charge is 0.343 e. The highest BCUT2D eigenvalue weighted by Crippen LogP contribution is 2.45. The molecule has 0 bridgehead atoms. The molecule has 0 fully saturated rings. The minimum Gasteiger partial charge on any atom is -0.493 e. The fourth-order valence-electron chi connectivity index (χ4n) is 5.08. The zero-order valence-corrected chi connectivity index (χ0v) is 25.7. The summed E-state index contributed by atoms with van der Waals surface area (Å²) in [6, 6.07) is 15.7. The third-order valence-electron chi connectivity index (χ3n) is 7.33. The SMILES string of the molecule is CCCCCCCOc1ccc(C2C(C#N)=C(N)Oc3cc(OC(=O)c4cc(OC)c(OC)c(OC)c4)ccc32)cc1OC. The molecule has 0 aromatic heterocycles. The van der Waals surface area contributed by atoms with Crippen LogP contribution in [0.4, 0.5) is 0 Å². The Bertz CT molecular complexity index is 1530. The van der Waals surface area contributed by atoms with Gasteiger partial charge < -0.3 is 38.9 Å². The van der Waals surface area contributed by atoms with Gasteiger partial charge in [-0.2, -0.15) is 5.26 Å². The van der Waals surface area contributed by atoms with Gasteiger partial charge in [-0.3, -0.25) is 0 Å². The van der Waals surface area contributed by atoms with Crippen molar-refractivity contribution in [3.8, 4) is 46.3 Å². The number of nitrogens with two attached hydrogens (primary N) is 1. The summed E-state index contributed by atoms with van der Waals surface area (Å²) in [6.07, 6.45) is 5.68. The average molecular weight is 603 g/mol. The van der Waals surface area contributed by atoms with Crippen molar-refractivity contribution < 1.29 is 38.0 Å². The predicted octanol–water partition coefficient (Wildman–Crippen LogP) is 6.51. The van der Waals surface area contributed by atoms with Gasteiger partial charge in [0.15, 0.2) is 23.0 Å². The van der Waals surface area contributed by atoms with Crippen LogP contribution in [0.2, 0.25) is 0 Å². The van der Waals surface area contributed by atoms with E-state index in [0.29, 0.717) is 46.7 Å². The second-order valence-electron chi connectivity index (χ2n) is 10.1. The number of nitrogens with zero attached hydrogens (tertiary/aromatic N) is 1. The van der Waals surface area contributed by atoms with Gasteiger partial charge in [-0.1, -0.05) is 44.7 Å². The van der Waals surface area contributed by atoms with Crippen molar-refractivity contribution in [2.75, 3.05) is 35.0 Å². The van der Waals surface area contributed by atoms with Crippen LogP contribution >= 0.6 is 0 Å². The Labute approximate surface area is 257 Å². The van der Waals surface area contributed by atoms with Crippen molar-refractivity contribution in [1.29, 1.82) is 5.26 Å². The highest BCUT2D eigenvalue weighted by Gasteiger charge is 2.32. The molecule has 1 atom stereocenters. The van der Waals surface area contributed by atoms with Crippen LogP contribution in [-0.2, 0) is 0 Å². The van der Waals surface area contributed by atoms with Crippen molar-refractivity contribution in [3.63, 3.8) is 0 Å². The van der Waals surface area contributed by atoms with E-state index in [1.165, 1.54) is 52.7 Å². The normalized spacial score (nSPS) is 13.7. The van der Waals surface area contributed by atoms with Crippen LogP contribution in [-0.4, -0.2) is 41.0 Å². The Hall–Kier alpha value is -5.04. The van der Waals surface area contributed by atoms with E-state index in [-0.39, 0.29) is 22.8 Å². The largest absolute Gasteiger partial charge is 0.493 e. The van der Waals surface area contributed by atoms with E-state index in [1.54, 1.807) is 25.3 Å². The standard InChI is InChI=1S/C34H38N2O8/c1-6-7-8-9-10-15-42-26-14-11-21(16-28(26)38-2)31-24-13-12-23(19-27(24)44-33(36)25(31)20-35)43-34(37)22-17-29(39-3)32(41-5)30(18-22)40-4/h11-14,16-19,31H,6-10,15,36H2,1-5H3. The lowest BCUT2D eigenvalue weighted by atomic mass is 9.83. The van der Waals surface area contributed by atoms with Crippen molar-refractivity contribution >= 4 is 5.97 Å². The predicted molar refractivity (Wildman–Crippen MR) is 164 cm³/mol. The third-order valence-corrected chi connectivity index (χ3v) is 7.33. The lowest BCUT2D eigenvalue weighted by molar-refractivity contribution is 0.0733. The second-order valence-corrected chi connectivity index (χ2v) is 10.1. The highest BCUT2D eigenvalue weighted by atomic mass is 16.5. The highest BCUT2D eigenvalue weighted by molar-refractivity contribution is 5.92. The zero-order chi connectivity index (χ0) is 31.6. The number of carbonyl (C=O) groups excluding carboxylic acids is 1.